The molecule has 1 fully saturated rings. The summed E-state index contributed by atoms with van der Waals surface area (Å²) in [7, 11) is 1.73. The summed E-state index contributed by atoms with van der Waals surface area (Å²) < 4.78 is 5.01. The van der Waals surface area contributed by atoms with Crippen LogP contribution < -0.4 is 11.0 Å². The lowest BCUT2D eigenvalue weighted by atomic mass is 9.93. The van der Waals surface area contributed by atoms with Crippen molar-refractivity contribution in [3.05, 3.63) is 40.8 Å². The van der Waals surface area contributed by atoms with Crippen molar-refractivity contribution in [3.8, 4) is 0 Å². The van der Waals surface area contributed by atoms with Crippen molar-refractivity contribution in [2.24, 2.45) is 7.05 Å². The Morgan fingerprint density at radius 1 is 1.21 bits per heavy atom. The number of aryl methyl sites for hydroxylation is 2. The highest BCUT2D eigenvalue weighted by Crippen LogP contribution is 2.30. The molecular weight excluding hydrogens is 372 g/mol. The first-order chi connectivity index (χ1) is 14.0. The van der Waals surface area contributed by atoms with Crippen LogP contribution in [0.5, 0.6) is 0 Å². The molecule has 0 spiro atoms. The van der Waals surface area contributed by atoms with Gasteiger partial charge in [-0.1, -0.05) is 0 Å². The second-order valence-electron chi connectivity index (χ2n) is 7.63. The minimum Gasteiger partial charge on any atom is -0.393 e. The van der Waals surface area contributed by atoms with E-state index in [9.17, 15) is 9.90 Å². The quantitative estimate of drug-likeness (QED) is 0.543. The summed E-state index contributed by atoms with van der Waals surface area (Å²) in [4.78, 5) is 26.1. The van der Waals surface area contributed by atoms with Crippen molar-refractivity contribution < 1.29 is 5.11 Å². The van der Waals surface area contributed by atoms with E-state index in [0.29, 0.717) is 30.0 Å². The normalized spacial score (nSPS) is 19.8. The van der Waals surface area contributed by atoms with Gasteiger partial charge in [-0.15, -0.1) is 0 Å². The Morgan fingerprint density at radius 3 is 2.79 bits per heavy atom. The molecule has 0 amide bonds. The van der Waals surface area contributed by atoms with Crippen molar-refractivity contribution in [1.29, 1.82) is 0 Å². The van der Waals surface area contributed by atoms with Gasteiger partial charge in [0.2, 0.25) is 5.95 Å². The number of nitrogens with zero attached hydrogens (tertiary/aromatic N) is 7. The van der Waals surface area contributed by atoms with Gasteiger partial charge in [0, 0.05) is 13.1 Å². The number of aromatic nitrogens is 7. The molecular formula is C19H22N8O2. The molecule has 2 N–H and O–H groups in total. The number of aliphatic hydroxyl groups excluding tert-OH is 1. The van der Waals surface area contributed by atoms with Gasteiger partial charge in [0.15, 0.2) is 11.3 Å². The molecule has 0 aromatic carbocycles. The van der Waals surface area contributed by atoms with E-state index in [1.165, 1.54) is 6.33 Å². The third-order valence-electron chi connectivity index (χ3n) is 5.73. The van der Waals surface area contributed by atoms with Crippen LogP contribution in [0.3, 0.4) is 0 Å². The summed E-state index contributed by atoms with van der Waals surface area (Å²) in [6.07, 6.45) is 7.64. The fraction of sp³-hybridized carbons (Fsp3) is 0.421. The maximum atomic E-state index is 12.9. The van der Waals surface area contributed by atoms with Crippen LogP contribution in [0.2, 0.25) is 0 Å². The third-order valence-corrected chi connectivity index (χ3v) is 5.73. The van der Waals surface area contributed by atoms with Gasteiger partial charge in [0.1, 0.15) is 11.8 Å². The Kier molecular flexibility index (Phi) is 4.09. The fourth-order valence-corrected chi connectivity index (χ4v) is 4.05. The molecule has 1 aliphatic rings. The van der Waals surface area contributed by atoms with Crippen molar-refractivity contribution >= 4 is 28.4 Å². The van der Waals surface area contributed by atoms with E-state index < -0.39 is 0 Å². The monoisotopic (exact) mass is 394 g/mol. The first-order valence-electron chi connectivity index (χ1n) is 9.70. The van der Waals surface area contributed by atoms with Crippen molar-refractivity contribution in [3.63, 3.8) is 0 Å². The molecule has 4 heterocycles. The van der Waals surface area contributed by atoms with Crippen LogP contribution in [0.15, 0.2) is 29.6 Å². The van der Waals surface area contributed by atoms with Crippen molar-refractivity contribution in [2.75, 3.05) is 5.32 Å². The SMILES string of the molecule is Cc1cc2ncnn2cc1Nc1ncc2c(n1)n(C1CCC(O)CC1)c(=O)n2C. The van der Waals surface area contributed by atoms with Gasteiger partial charge in [0.25, 0.3) is 0 Å². The fourth-order valence-electron chi connectivity index (χ4n) is 4.05. The summed E-state index contributed by atoms with van der Waals surface area (Å²) in [5, 5.41) is 17.2. The lowest BCUT2D eigenvalue weighted by molar-refractivity contribution is 0.110. The predicted octanol–water partition coefficient (Wildman–Crippen LogP) is 1.70. The van der Waals surface area contributed by atoms with Gasteiger partial charge in [-0.25, -0.2) is 19.3 Å². The smallest absolute Gasteiger partial charge is 0.330 e. The second kappa shape index (κ2) is 6.66. The zero-order chi connectivity index (χ0) is 20.1. The Labute approximate surface area is 165 Å². The molecule has 5 rings (SSSR count). The molecule has 1 saturated carbocycles. The molecule has 10 nitrogen and oxygen atoms in total. The first kappa shape index (κ1) is 17.8. The molecule has 4 aromatic rings. The van der Waals surface area contributed by atoms with E-state index in [2.05, 4.69) is 25.4 Å². The van der Waals surface area contributed by atoms with Crippen LogP contribution in [0.1, 0.15) is 37.3 Å². The van der Waals surface area contributed by atoms with Crippen LogP contribution in [0.25, 0.3) is 16.8 Å². The number of rotatable bonds is 3. The van der Waals surface area contributed by atoms with Crippen LogP contribution in [-0.4, -0.2) is 44.9 Å². The average Bonchev–Trinajstić information content (AvgIpc) is 3.25. The summed E-state index contributed by atoms with van der Waals surface area (Å²) in [5.74, 6) is 0.412. The van der Waals surface area contributed by atoms with E-state index >= 15 is 0 Å². The molecule has 0 atom stereocenters. The molecule has 4 aromatic heterocycles. The number of fused-ring (bicyclic) bond motifs is 2. The molecule has 150 valence electrons. The molecule has 0 radical (unpaired) electrons. The largest absolute Gasteiger partial charge is 0.393 e. The number of hydrogen-bond donors (Lipinski definition) is 2. The van der Waals surface area contributed by atoms with E-state index in [0.717, 1.165) is 29.7 Å². The Morgan fingerprint density at radius 2 is 2.00 bits per heavy atom. The van der Waals surface area contributed by atoms with Crippen LogP contribution in [0.4, 0.5) is 11.6 Å². The predicted molar refractivity (Wildman–Crippen MR) is 107 cm³/mol. The van der Waals surface area contributed by atoms with Gasteiger partial charge >= 0.3 is 5.69 Å². The Hall–Kier alpha value is -3.27. The minimum atomic E-state index is -0.279. The van der Waals surface area contributed by atoms with Gasteiger partial charge in [0.05, 0.1) is 24.2 Å². The van der Waals surface area contributed by atoms with E-state index in [1.54, 1.807) is 26.9 Å². The number of anilines is 2. The molecule has 29 heavy (non-hydrogen) atoms. The Bertz CT molecular complexity index is 1260. The van der Waals surface area contributed by atoms with Gasteiger partial charge in [-0.05, 0) is 44.2 Å². The topological polar surface area (TPSA) is 115 Å². The highest BCUT2D eigenvalue weighted by Gasteiger charge is 2.26. The zero-order valence-electron chi connectivity index (χ0n) is 16.3. The maximum Gasteiger partial charge on any atom is 0.330 e. The number of hydrogen-bond acceptors (Lipinski definition) is 7. The number of aliphatic hydroxyl groups is 1. The molecule has 0 unspecified atom stereocenters. The lowest BCUT2D eigenvalue weighted by Crippen LogP contribution is -2.30. The van der Waals surface area contributed by atoms with Crippen LogP contribution in [0, 0.1) is 6.92 Å². The van der Waals surface area contributed by atoms with Crippen molar-refractivity contribution in [2.45, 2.75) is 44.8 Å². The molecule has 0 bridgehead atoms. The van der Waals surface area contributed by atoms with Crippen LogP contribution >= 0.6 is 0 Å². The summed E-state index contributed by atoms with van der Waals surface area (Å²) in [5.41, 5.74) is 3.76. The summed E-state index contributed by atoms with van der Waals surface area (Å²) in [6, 6.07) is 1.96. The standard InChI is InChI=1S/C19H22N8O2/c1-11-7-16-21-10-22-26(16)9-14(11)23-18-20-8-15-17(24-18)27(19(29)25(15)2)12-3-5-13(28)6-4-12/h7-10,12-13,28H,3-6H2,1-2H3,(H,20,23,24). The zero-order valence-corrected chi connectivity index (χ0v) is 16.3. The van der Waals surface area contributed by atoms with Gasteiger partial charge < -0.3 is 10.4 Å². The third kappa shape index (κ3) is 2.96. The summed E-state index contributed by atoms with van der Waals surface area (Å²) in [6.45, 7) is 1.97. The van der Waals surface area contributed by atoms with E-state index in [4.69, 9.17) is 0 Å². The van der Waals surface area contributed by atoms with Crippen LogP contribution in [-0.2, 0) is 7.05 Å². The Balaban J connectivity index is 1.56. The number of nitrogens with one attached hydrogen (secondary N) is 1. The number of pyridine rings is 1. The maximum absolute atomic E-state index is 12.9. The molecule has 10 heteroatoms. The molecule has 0 saturated heterocycles. The molecule has 1 aliphatic carbocycles. The average molecular weight is 394 g/mol. The second-order valence-corrected chi connectivity index (χ2v) is 7.63. The number of imidazole rings is 1. The highest BCUT2D eigenvalue weighted by atomic mass is 16.3. The van der Waals surface area contributed by atoms with E-state index in [-0.39, 0.29) is 17.8 Å². The molecule has 0 aliphatic heterocycles. The first-order valence-corrected chi connectivity index (χ1v) is 9.70. The van der Waals surface area contributed by atoms with Crippen molar-refractivity contribution in [1.82, 2.24) is 33.7 Å². The van der Waals surface area contributed by atoms with E-state index in [1.807, 2.05) is 19.2 Å². The van der Waals surface area contributed by atoms with Gasteiger partial charge in [-0.3, -0.25) is 9.13 Å². The lowest BCUT2D eigenvalue weighted by Gasteiger charge is -2.26. The highest BCUT2D eigenvalue weighted by molar-refractivity contribution is 5.73. The summed E-state index contributed by atoms with van der Waals surface area (Å²) >= 11 is 0. The van der Waals surface area contributed by atoms with Gasteiger partial charge in [-0.2, -0.15) is 10.1 Å². The minimum absolute atomic E-state index is 0.0329.